The number of aryl methyl sites for hydroxylation is 1. The van der Waals surface area contributed by atoms with E-state index in [1.54, 1.807) is 18.5 Å². The van der Waals surface area contributed by atoms with Gasteiger partial charge in [-0.05, 0) is 37.0 Å². The summed E-state index contributed by atoms with van der Waals surface area (Å²) < 4.78 is 6.84. The van der Waals surface area contributed by atoms with Crippen LogP contribution in [-0.2, 0) is 28.9 Å². The molecule has 3 heterocycles. The van der Waals surface area contributed by atoms with Crippen LogP contribution in [0.4, 0.5) is 5.00 Å². The third kappa shape index (κ3) is 4.40. The van der Waals surface area contributed by atoms with Crippen LogP contribution in [0.15, 0.2) is 42.3 Å². The van der Waals surface area contributed by atoms with Gasteiger partial charge in [0.2, 0.25) is 5.91 Å². The molecule has 0 bridgehead atoms. The summed E-state index contributed by atoms with van der Waals surface area (Å²) in [7, 11) is 1.36. The van der Waals surface area contributed by atoms with Crippen LogP contribution in [-0.4, -0.2) is 44.5 Å². The van der Waals surface area contributed by atoms with Gasteiger partial charge in [-0.15, -0.1) is 28.1 Å². The molecule has 0 aromatic carbocycles. The average molecular weight is 456 g/mol. The fourth-order valence-electron chi connectivity index (χ4n) is 3.51. The number of thioether (sulfide) groups is 1. The number of anilines is 1. The number of amides is 1. The Morgan fingerprint density at radius 1 is 1.32 bits per heavy atom. The molecule has 0 saturated carbocycles. The van der Waals surface area contributed by atoms with Crippen molar-refractivity contribution >= 4 is 40.0 Å². The Balaban J connectivity index is 1.48. The largest absolute Gasteiger partial charge is 0.465 e. The normalized spacial score (nSPS) is 12.4. The van der Waals surface area contributed by atoms with E-state index in [2.05, 4.69) is 27.1 Å². The first-order chi connectivity index (χ1) is 15.1. The third-order valence-corrected chi connectivity index (χ3v) is 7.04. The summed E-state index contributed by atoms with van der Waals surface area (Å²) in [5.74, 6) is 0.200. The van der Waals surface area contributed by atoms with Crippen LogP contribution in [0.1, 0.15) is 27.2 Å². The van der Waals surface area contributed by atoms with E-state index in [0.29, 0.717) is 28.1 Å². The molecule has 1 amide bonds. The Kier molecular flexibility index (Phi) is 6.47. The molecule has 0 aliphatic heterocycles. The van der Waals surface area contributed by atoms with Crippen LogP contribution in [0, 0.1) is 0 Å². The van der Waals surface area contributed by atoms with Crippen LogP contribution in [0.5, 0.6) is 0 Å². The maximum Gasteiger partial charge on any atom is 0.341 e. The lowest BCUT2D eigenvalue weighted by Gasteiger charge is -2.08. The number of thiophene rings is 1. The van der Waals surface area contributed by atoms with Gasteiger partial charge in [-0.3, -0.25) is 14.3 Å². The lowest BCUT2D eigenvalue weighted by Crippen LogP contribution is -2.16. The van der Waals surface area contributed by atoms with Crippen molar-refractivity contribution in [3.8, 4) is 11.4 Å². The van der Waals surface area contributed by atoms with Gasteiger partial charge in [0.1, 0.15) is 5.00 Å². The van der Waals surface area contributed by atoms with Gasteiger partial charge in [0.25, 0.3) is 0 Å². The number of rotatable bonds is 8. The molecule has 10 heteroatoms. The molecule has 0 fully saturated rings. The van der Waals surface area contributed by atoms with Gasteiger partial charge in [0, 0.05) is 29.4 Å². The second kappa shape index (κ2) is 9.44. The number of pyridine rings is 1. The maximum atomic E-state index is 12.7. The number of methoxy groups -OCH3 is 1. The van der Waals surface area contributed by atoms with Crippen molar-refractivity contribution in [3.63, 3.8) is 0 Å². The number of hydrogen-bond donors (Lipinski definition) is 1. The molecule has 3 aromatic heterocycles. The third-order valence-electron chi connectivity index (χ3n) is 4.86. The molecule has 0 atom stereocenters. The SMILES string of the molecule is C=CCn1c(SCC(=O)Nc2sc3c(c2C(=O)OC)CCC3)nnc1-c1ccncc1. The highest BCUT2D eigenvalue weighted by atomic mass is 32.2. The molecule has 1 aliphatic rings. The standard InChI is InChI=1S/C21H21N5O3S2/c1-3-11-26-18(13-7-9-22-10-8-13)24-25-21(26)30-12-16(27)23-19-17(20(28)29-2)14-5-4-6-15(14)31-19/h3,7-10H,1,4-6,11-12H2,2H3,(H,23,27). The van der Waals surface area contributed by atoms with E-state index < -0.39 is 5.97 Å². The topological polar surface area (TPSA) is 99.0 Å². The molecular formula is C21H21N5O3S2. The smallest absolute Gasteiger partial charge is 0.341 e. The molecule has 1 N–H and O–H groups in total. The molecule has 4 rings (SSSR count). The van der Waals surface area contributed by atoms with Gasteiger partial charge < -0.3 is 10.1 Å². The number of fused-ring (bicyclic) bond motifs is 1. The predicted molar refractivity (Wildman–Crippen MR) is 120 cm³/mol. The minimum Gasteiger partial charge on any atom is -0.465 e. The Bertz CT molecular complexity index is 1120. The summed E-state index contributed by atoms with van der Waals surface area (Å²) in [5.41, 5.74) is 2.39. The summed E-state index contributed by atoms with van der Waals surface area (Å²) in [6.07, 6.45) is 7.93. The second-order valence-corrected chi connectivity index (χ2v) is 8.88. The van der Waals surface area contributed by atoms with Gasteiger partial charge >= 0.3 is 5.97 Å². The number of hydrogen-bond acceptors (Lipinski definition) is 8. The van der Waals surface area contributed by atoms with Gasteiger partial charge in [-0.2, -0.15) is 0 Å². The van der Waals surface area contributed by atoms with Crippen LogP contribution in [0.3, 0.4) is 0 Å². The van der Waals surface area contributed by atoms with E-state index in [1.165, 1.54) is 30.2 Å². The van der Waals surface area contributed by atoms with Crippen molar-refractivity contribution < 1.29 is 14.3 Å². The molecule has 31 heavy (non-hydrogen) atoms. The Hall–Kier alpha value is -2.98. The maximum absolute atomic E-state index is 12.7. The number of allylic oxidation sites excluding steroid dienone is 1. The highest BCUT2D eigenvalue weighted by molar-refractivity contribution is 7.99. The number of carbonyl (C=O) groups excluding carboxylic acids is 2. The van der Waals surface area contributed by atoms with Gasteiger partial charge in [0.05, 0.1) is 18.4 Å². The van der Waals surface area contributed by atoms with Crippen LogP contribution >= 0.6 is 23.1 Å². The molecule has 0 unspecified atom stereocenters. The Labute approximate surface area is 187 Å². The molecule has 3 aromatic rings. The number of carbonyl (C=O) groups is 2. The number of nitrogens with zero attached hydrogens (tertiary/aromatic N) is 4. The lowest BCUT2D eigenvalue weighted by atomic mass is 10.1. The van der Waals surface area contributed by atoms with E-state index >= 15 is 0 Å². The number of aromatic nitrogens is 4. The summed E-state index contributed by atoms with van der Waals surface area (Å²) >= 11 is 2.74. The quantitative estimate of drug-likeness (QED) is 0.315. The van der Waals surface area contributed by atoms with Crippen molar-refractivity contribution in [2.24, 2.45) is 0 Å². The summed E-state index contributed by atoms with van der Waals surface area (Å²) in [4.78, 5) is 30.1. The molecule has 8 nitrogen and oxygen atoms in total. The van der Waals surface area contributed by atoms with Crippen molar-refractivity contribution in [2.75, 3.05) is 18.2 Å². The zero-order chi connectivity index (χ0) is 21.8. The van der Waals surface area contributed by atoms with Crippen LogP contribution in [0.2, 0.25) is 0 Å². The highest BCUT2D eigenvalue weighted by Gasteiger charge is 2.28. The molecule has 160 valence electrons. The zero-order valence-electron chi connectivity index (χ0n) is 17.0. The van der Waals surface area contributed by atoms with Crippen molar-refractivity contribution in [2.45, 2.75) is 31.0 Å². The van der Waals surface area contributed by atoms with Crippen molar-refractivity contribution in [3.05, 3.63) is 53.2 Å². The summed E-state index contributed by atoms with van der Waals surface area (Å²) in [5, 5.41) is 12.6. The molecule has 0 saturated heterocycles. The Morgan fingerprint density at radius 2 is 2.13 bits per heavy atom. The molecule has 0 radical (unpaired) electrons. The minimum absolute atomic E-state index is 0.134. The van der Waals surface area contributed by atoms with E-state index in [1.807, 2.05) is 16.7 Å². The zero-order valence-corrected chi connectivity index (χ0v) is 18.6. The van der Waals surface area contributed by atoms with Crippen molar-refractivity contribution in [1.29, 1.82) is 0 Å². The molecular weight excluding hydrogens is 434 g/mol. The fraction of sp³-hybridized carbons (Fsp3) is 0.286. The summed E-state index contributed by atoms with van der Waals surface area (Å²) in [6, 6.07) is 3.71. The van der Waals surface area contributed by atoms with Crippen LogP contribution < -0.4 is 5.32 Å². The second-order valence-electron chi connectivity index (χ2n) is 6.83. The number of ether oxygens (including phenoxy) is 1. The van der Waals surface area contributed by atoms with E-state index in [4.69, 9.17) is 4.74 Å². The van der Waals surface area contributed by atoms with Crippen LogP contribution in [0.25, 0.3) is 11.4 Å². The number of esters is 1. The number of nitrogens with one attached hydrogen (secondary N) is 1. The fourth-order valence-corrected chi connectivity index (χ4v) is 5.55. The van der Waals surface area contributed by atoms with Gasteiger partial charge in [-0.25, -0.2) is 4.79 Å². The predicted octanol–water partition coefficient (Wildman–Crippen LogP) is 3.59. The van der Waals surface area contributed by atoms with E-state index in [-0.39, 0.29) is 11.7 Å². The highest BCUT2D eigenvalue weighted by Crippen LogP contribution is 2.39. The van der Waals surface area contributed by atoms with E-state index in [9.17, 15) is 9.59 Å². The molecule has 1 aliphatic carbocycles. The first-order valence-electron chi connectivity index (χ1n) is 9.72. The van der Waals surface area contributed by atoms with Gasteiger partial charge in [0.15, 0.2) is 11.0 Å². The van der Waals surface area contributed by atoms with Gasteiger partial charge in [-0.1, -0.05) is 17.8 Å². The lowest BCUT2D eigenvalue weighted by molar-refractivity contribution is -0.113. The monoisotopic (exact) mass is 455 g/mol. The first-order valence-corrected chi connectivity index (χ1v) is 11.5. The molecule has 0 spiro atoms. The van der Waals surface area contributed by atoms with Crippen molar-refractivity contribution in [1.82, 2.24) is 19.7 Å². The summed E-state index contributed by atoms with van der Waals surface area (Å²) in [6.45, 7) is 4.31. The van der Waals surface area contributed by atoms with E-state index in [0.717, 1.165) is 35.3 Å². The first kappa shape index (κ1) is 21.3. The average Bonchev–Trinajstić information content (AvgIpc) is 3.47. The minimum atomic E-state index is -0.407. The Morgan fingerprint density at radius 3 is 2.87 bits per heavy atom.